The smallest absolute Gasteiger partial charge is 0.357 e. The molecule has 0 spiro atoms. The molecule has 0 aliphatic rings. The van der Waals surface area contributed by atoms with E-state index >= 15 is 0 Å². The molecule has 0 radical (unpaired) electrons. The van der Waals surface area contributed by atoms with Gasteiger partial charge in [0.2, 0.25) is 15.9 Å². The van der Waals surface area contributed by atoms with Crippen molar-refractivity contribution in [2.75, 3.05) is 20.5 Å². The van der Waals surface area contributed by atoms with Crippen molar-refractivity contribution in [3.63, 3.8) is 0 Å². The number of fused-ring (bicyclic) bond motifs is 2. The first-order chi connectivity index (χ1) is 23.5. The van der Waals surface area contributed by atoms with E-state index in [1.54, 1.807) is 17.8 Å². The number of H-pyrrole nitrogens is 2. The van der Waals surface area contributed by atoms with Crippen molar-refractivity contribution in [1.29, 1.82) is 0 Å². The molecule has 0 atom stereocenters. The number of nitrogens with zero attached hydrogens (tertiary/aromatic N) is 4. The predicted molar refractivity (Wildman–Crippen MR) is 187 cm³/mol. The van der Waals surface area contributed by atoms with Crippen LogP contribution < -0.4 is 10.3 Å². The molecule has 0 unspecified atom stereocenters. The Kier molecular flexibility index (Phi) is 10.6. The summed E-state index contributed by atoms with van der Waals surface area (Å²) in [6, 6.07) is 15.2. The number of para-hydroxylation sites is 2. The maximum atomic E-state index is 11.6. The van der Waals surface area contributed by atoms with Gasteiger partial charge in [0, 0.05) is 63.0 Å². The lowest BCUT2D eigenvalue weighted by atomic mass is 10.1. The summed E-state index contributed by atoms with van der Waals surface area (Å²) in [4.78, 5) is 51.4. The lowest BCUT2D eigenvalue weighted by Crippen LogP contribution is -2.19. The Bertz CT molecular complexity index is 2330. The van der Waals surface area contributed by atoms with Gasteiger partial charge < -0.3 is 19.4 Å². The van der Waals surface area contributed by atoms with E-state index in [0.29, 0.717) is 27.0 Å². The van der Waals surface area contributed by atoms with Gasteiger partial charge in [-0.2, -0.15) is 10.2 Å². The normalized spacial score (nSPS) is 11.9. The Morgan fingerprint density at radius 1 is 0.755 bits per heavy atom. The molecule has 0 aliphatic heterocycles. The maximum absolute atomic E-state index is 11.6. The highest BCUT2D eigenvalue weighted by Gasteiger charge is 2.21. The average molecular weight is 721 g/mol. The van der Waals surface area contributed by atoms with Crippen LogP contribution in [0, 0.1) is 0 Å². The number of thiazole rings is 2. The number of aromatic nitrogens is 4. The van der Waals surface area contributed by atoms with Gasteiger partial charge in [-0.05, 0) is 12.1 Å². The molecule has 2 aromatic carbocycles. The number of ether oxygens (including phenoxy) is 2. The molecule has 0 bridgehead atoms. The number of methoxy groups -OCH3 is 2. The fourth-order valence-electron chi connectivity index (χ4n) is 4.41. The minimum atomic E-state index is -3.55. The van der Waals surface area contributed by atoms with E-state index in [0.717, 1.165) is 33.6 Å². The van der Waals surface area contributed by atoms with Gasteiger partial charge in [-0.25, -0.2) is 38.2 Å². The number of carbonyl (C=O) groups is 3. The van der Waals surface area contributed by atoms with Crippen molar-refractivity contribution in [3.8, 4) is 0 Å². The van der Waals surface area contributed by atoms with Gasteiger partial charge in [0.05, 0.1) is 20.5 Å². The van der Waals surface area contributed by atoms with Crippen molar-refractivity contribution in [1.82, 2.24) is 30.2 Å². The Morgan fingerprint density at radius 3 is 1.63 bits per heavy atom. The summed E-state index contributed by atoms with van der Waals surface area (Å²) in [5.41, 5.74) is 6.81. The number of sulfonamides is 1. The largest absolute Gasteiger partial charge is 0.464 e. The van der Waals surface area contributed by atoms with Gasteiger partial charge in [-0.3, -0.25) is 4.79 Å². The first kappa shape index (κ1) is 34.6. The minimum absolute atomic E-state index is 0.134. The van der Waals surface area contributed by atoms with Crippen LogP contribution in [0.1, 0.15) is 49.0 Å². The van der Waals surface area contributed by atoms with Crippen molar-refractivity contribution in [3.05, 3.63) is 104 Å². The molecule has 18 heteroatoms. The average Bonchev–Trinajstić information content (AvgIpc) is 3.91. The highest BCUT2D eigenvalue weighted by atomic mass is 32.2. The summed E-state index contributed by atoms with van der Waals surface area (Å²) in [5.74, 6) is -1.38. The van der Waals surface area contributed by atoms with Gasteiger partial charge >= 0.3 is 11.9 Å². The molecule has 4 aromatic heterocycles. The molecular formula is C31H28N8O7S3. The standard InChI is InChI=1S/C16H14N4O3S.C15H14N4O4S2/c1-9(21)19-20-14(15-18-13(8-24-15)16(22)23-2)11-7-17-12-6-4-3-5-10(11)12;1-23-15(20)12-8-24-14(17-12)13(18-19-25(2,21)22)10-7-16-11-6-4-3-5-9(10)11/h3-8,17H,1-2H3,(H,19,21);3-8,16,19H,1-2H3/b20-14-;18-13-. The second-order valence-corrected chi connectivity index (χ2v) is 13.5. The molecule has 0 saturated heterocycles. The topological polar surface area (TPSA) is 210 Å². The third-order valence-electron chi connectivity index (χ3n) is 6.54. The Labute approximate surface area is 287 Å². The van der Waals surface area contributed by atoms with Crippen LogP contribution in [0.5, 0.6) is 0 Å². The van der Waals surface area contributed by atoms with E-state index in [4.69, 9.17) is 0 Å². The summed E-state index contributed by atoms with van der Waals surface area (Å²) in [5, 5.41) is 14.0. The van der Waals surface area contributed by atoms with Crippen LogP contribution in [0.4, 0.5) is 0 Å². The van der Waals surface area contributed by atoms with Gasteiger partial charge in [0.25, 0.3) is 0 Å². The predicted octanol–water partition coefficient (Wildman–Crippen LogP) is 4.01. The number of nitrogens with one attached hydrogen (secondary N) is 4. The van der Waals surface area contributed by atoms with Crippen LogP contribution in [0.25, 0.3) is 21.8 Å². The number of hydrogen-bond acceptors (Lipinski definition) is 13. The summed E-state index contributed by atoms with van der Waals surface area (Å²) < 4.78 is 32.2. The molecule has 49 heavy (non-hydrogen) atoms. The molecule has 0 saturated carbocycles. The van der Waals surface area contributed by atoms with E-state index in [1.165, 1.54) is 49.2 Å². The van der Waals surface area contributed by atoms with Crippen molar-refractivity contribution < 1.29 is 32.3 Å². The molecule has 4 N–H and O–H groups in total. The van der Waals surface area contributed by atoms with Crippen LogP contribution in [0.3, 0.4) is 0 Å². The number of esters is 2. The molecule has 4 heterocycles. The van der Waals surface area contributed by atoms with Gasteiger partial charge in [-0.15, -0.1) is 22.7 Å². The van der Waals surface area contributed by atoms with Gasteiger partial charge in [0.15, 0.2) is 11.4 Å². The summed E-state index contributed by atoms with van der Waals surface area (Å²) in [7, 11) is -0.984. The second kappa shape index (κ2) is 15.0. The molecule has 15 nitrogen and oxygen atoms in total. The van der Waals surface area contributed by atoms with E-state index < -0.39 is 22.0 Å². The van der Waals surface area contributed by atoms with Crippen LogP contribution >= 0.6 is 22.7 Å². The summed E-state index contributed by atoms with van der Waals surface area (Å²) in [6.07, 6.45) is 4.52. The van der Waals surface area contributed by atoms with Crippen molar-refractivity contribution in [2.24, 2.45) is 10.2 Å². The molecule has 0 fully saturated rings. The fraction of sp³-hybridized carbons (Fsp3) is 0.129. The number of amides is 1. The first-order valence-electron chi connectivity index (χ1n) is 14.1. The van der Waals surface area contributed by atoms with E-state index in [9.17, 15) is 22.8 Å². The zero-order chi connectivity index (χ0) is 35.1. The lowest BCUT2D eigenvalue weighted by molar-refractivity contribution is -0.118. The SMILES string of the molecule is COC(=O)c1csc(/C(=N\NC(C)=O)c2c[nH]c3ccccc23)n1.COC(=O)c1csc(/C(=N\NS(C)(=O)=O)c2c[nH]c3ccccc23)n1. The second-order valence-electron chi connectivity index (χ2n) is 10.0. The maximum Gasteiger partial charge on any atom is 0.357 e. The molecule has 6 rings (SSSR count). The Hall–Kier alpha value is -5.72. The van der Waals surface area contributed by atoms with Crippen LogP contribution in [-0.2, 0) is 24.3 Å². The highest BCUT2D eigenvalue weighted by Crippen LogP contribution is 2.25. The number of carbonyl (C=O) groups excluding carboxylic acids is 3. The third kappa shape index (κ3) is 8.23. The molecule has 0 aliphatic carbocycles. The van der Waals surface area contributed by atoms with E-state index in [2.05, 4.69) is 49.9 Å². The van der Waals surface area contributed by atoms with E-state index in [1.807, 2.05) is 48.5 Å². The molecule has 252 valence electrons. The van der Waals surface area contributed by atoms with Gasteiger partial charge in [-0.1, -0.05) is 36.4 Å². The molecular weight excluding hydrogens is 693 g/mol. The number of rotatable bonds is 9. The number of aromatic amines is 2. The quantitative estimate of drug-likeness (QED) is 0.0965. The zero-order valence-corrected chi connectivity index (χ0v) is 28.7. The first-order valence-corrected chi connectivity index (χ1v) is 17.7. The molecule has 1 amide bonds. The van der Waals surface area contributed by atoms with Crippen LogP contribution in [-0.4, -0.2) is 78.1 Å². The number of benzene rings is 2. The highest BCUT2D eigenvalue weighted by molar-refractivity contribution is 7.88. The van der Waals surface area contributed by atoms with Gasteiger partial charge in [0.1, 0.15) is 21.4 Å². The Morgan fingerprint density at radius 2 is 1.20 bits per heavy atom. The molecule has 6 aromatic rings. The monoisotopic (exact) mass is 720 g/mol. The van der Waals surface area contributed by atoms with Crippen molar-refractivity contribution in [2.45, 2.75) is 6.92 Å². The number of hydrogen-bond donors (Lipinski definition) is 4. The fourth-order valence-corrected chi connectivity index (χ4v) is 6.24. The lowest BCUT2D eigenvalue weighted by Gasteiger charge is -2.03. The number of hydrazone groups is 2. The van der Waals surface area contributed by atoms with Crippen LogP contribution in [0.15, 0.2) is 81.9 Å². The zero-order valence-electron chi connectivity index (χ0n) is 26.3. The Balaban J connectivity index is 0.000000191. The van der Waals surface area contributed by atoms with Crippen LogP contribution in [0.2, 0.25) is 0 Å². The van der Waals surface area contributed by atoms with E-state index in [-0.39, 0.29) is 17.3 Å². The summed E-state index contributed by atoms with van der Waals surface area (Å²) >= 11 is 2.42. The third-order valence-corrected chi connectivity index (χ3v) is 8.66. The summed E-state index contributed by atoms with van der Waals surface area (Å²) in [6.45, 7) is 1.37. The van der Waals surface area contributed by atoms with Crippen molar-refractivity contribution >= 4 is 83.8 Å². The minimum Gasteiger partial charge on any atom is -0.464 e.